The molecule has 1 unspecified atom stereocenters. The van der Waals surface area contributed by atoms with E-state index in [1.807, 2.05) is 36.4 Å². The number of hydrogen-bond donors (Lipinski definition) is 2. The van der Waals surface area contributed by atoms with Crippen molar-refractivity contribution in [2.45, 2.75) is 76.4 Å². The van der Waals surface area contributed by atoms with Gasteiger partial charge in [-0.15, -0.1) is 0 Å². The summed E-state index contributed by atoms with van der Waals surface area (Å²) < 4.78 is 12.2. The van der Waals surface area contributed by atoms with Crippen molar-refractivity contribution in [2.75, 3.05) is 31.6 Å². The second kappa shape index (κ2) is 15.9. The number of anilines is 2. The number of pyridine rings is 3. The molecule has 2 N–H and O–H groups in total. The molecule has 3 fully saturated rings. The normalized spacial score (nSPS) is 21.9. The number of fused-ring (bicyclic) bond motifs is 2. The summed E-state index contributed by atoms with van der Waals surface area (Å²) in [6.45, 7) is 3.98. The smallest absolute Gasteiger partial charge is 0.262 e. The quantitative estimate of drug-likeness (QED) is 0.122. The standard InChI is InChI=1S/C41H45N7O6/c49-37-12-10-35(39(50)46-37)48-40(51)31-8-7-29(24-32(31)41(48)52)53-20-3-1-2-5-26-14-18-47(19-15-26)25-27-21-30(22-27)54-38-23-28(13-17-43-38)44-36-11-9-33-34(45-36)6-4-16-42-33/h4,6-9,11,13,16-17,23-24,26-27,30,35H,1-3,5,10,12,14-15,18-22,25H2,(H,43,44,45)(H,46,49,50)/t27-,30-,35?. The third kappa shape index (κ3) is 8.06. The van der Waals surface area contributed by atoms with Gasteiger partial charge in [0.1, 0.15) is 23.7 Å². The predicted octanol–water partition coefficient (Wildman–Crippen LogP) is 5.68. The molecule has 4 aliphatic rings. The van der Waals surface area contributed by atoms with E-state index < -0.39 is 29.7 Å². The number of rotatable bonds is 14. The average Bonchev–Trinajstić information content (AvgIpc) is 3.40. The van der Waals surface area contributed by atoms with Crippen molar-refractivity contribution < 1.29 is 28.7 Å². The molecule has 13 heteroatoms. The average molecular weight is 732 g/mol. The van der Waals surface area contributed by atoms with Gasteiger partial charge in [-0.3, -0.25) is 34.4 Å². The maximum Gasteiger partial charge on any atom is 0.262 e. The highest BCUT2D eigenvalue weighted by Crippen LogP contribution is 2.34. The molecule has 1 aliphatic carbocycles. The summed E-state index contributed by atoms with van der Waals surface area (Å²) >= 11 is 0. The van der Waals surface area contributed by atoms with Crippen LogP contribution in [-0.4, -0.2) is 86.8 Å². The van der Waals surface area contributed by atoms with Crippen molar-refractivity contribution in [3.63, 3.8) is 0 Å². The third-order valence-electron chi connectivity index (χ3n) is 11.1. The fourth-order valence-corrected chi connectivity index (χ4v) is 8.08. The molecule has 0 bridgehead atoms. The van der Waals surface area contributed by atoms with Crippen molar-refractivity contribution in [1.29, 1.82) is 0 Å². The fourth-order valence-electron chi connectivity index (χ4n) is 8.08. The summed E-state index contributed by atoms with van der Waals surface area (Å²) in [5, 5.41) is 5.57. The van der Waals surface area contributed by atoms with Gasteiger partial charge in [0.15, 0.2) is 0 Å². The Morgan fingerprint density at radius 3 is 2.52 bits per heavy atom. The molecule has 2 saturated heterocycles. The highest BCUT2D eigenvalue weighted by Gasteiger charge is 2.44. The Morgan fingerprint density at radius 1 is 0.815 bits per heavy atom. The first-order chi connectivity index (χ1) is 26.4. The van der Waals surface area contributed by atoms with Crippen molar-refractivity contribution in [3.05, 3.63) is 78.1 Å². The Kier molecular flexibility index (Phi) is 10.5. The lowest BCUT2D eigenvalue weighted by Crippen LogP contribution is -2.54. The first kappa shape index (κ1) is 35.6. The molecule has 0 radical (unpaired) electrons. The SMILES string of the molecule is O=C1CCC(N2C(=O)c3ccc(OCCCCCC4CCN(C[C@H]5C[C@H](Oc6cc(Nc7ccc8ncccc8n7)ccn6)C5)CC4)cc3C2=O)C(=O)N1. The number of aromatic nitrogens is 3. The van der Waals surface area contributed by atoms with Gasteiger partial charge in [0, 0.05) is 37.1 Å². The van der Waals surface area contributed by atoms with E-state index in [9.17, 15) is 19.2 Å². The van der Waals surface area contributed by atoms with E-state index in [1.54, 1.807) is 30.6 Å². The third-order valence-corrected chi connectivity index (χ3v) is 11.1. The predicted molar refractivity (Wildman–Crippen MR) is 200 cm³/mol. The first-order valence-electron chi connectivity index (χ1n) is 19.2. The number of benzene rings is 1. The van der Waals surface area contributed by atoms with E-state index in [-0.39, 0.29) is 30.1 Å². The minimum absolute atomic E-state index is 0.0925. The Bertz CT molecular complexity index is 2040. The van der Waals surface area contributed by atoms with Crippen LogP contribution >= 0.6 is 0 Å². The van der Waals surface area contributed by atoms with Crippen LogP contribution in [0.25, 0.3) is 11.0 Å². The van der Waals surface area contributed by atoms with Crippen LogP contribution in [0.4, 0.5) is 11.5 Å². The molecule has 3 aromatic heterocycles. The molecular weight excluding hydrogens is 686 g/mol. The molecular formula is C41H45N7O6. The number of unbranched alkanes of at least 4 members (excludes halogenated alkanes) is 2. The molecule has 280 valence electrons. The fraction of sp³-hybridized carbons (Fsp3) is 0.439. The van der Waals surface area contributed by atoms with Gasteiger partial charge in [0.2, 0.25) is 17.7 Å². The molecule has 13 nitrogen and oxygen atoms in total. The molecule has 3 aliphatic heterocycles. The van der Waals surface area contributed by atoms with Crippen molar-refractivity contribution >= 4 is 46.2 Å². The number of ether oxygens (including phenoxy) is 2. The molecule has 54 heavy (non-hydrogen) atoms. The van der Waals surface area contributed by atoms with E-state index >= 15 is 0 Å². The molecule has 1 aromatic carbocycles. The van der Waals surface area contributed by atoms with Gasteiger partial charge in [0.05, 0.1) is 28.8 Å². The van der Waals surface area contributed by atoms with Gasteiger partial charge in [0.25, 0.3) is 11.8 Å². The molecule has 6 heterocycles. The molecule has 1 saturated carbocycles. The van der Waals surface area contributed by atoms with Gasteiger partial charge in [-0.1, -0.05) is 19.3 Å². The van der Waals surface area contributed by atoms with Crippen LogP contribution in [0.5, 0.6) is 11.6 Å². The van der Waals surface area contributed by atoms with E-state index in [0.29, 0.717) is 24.2 Å². The Morgan fingerprint density at radius 2 is 1.67 bits per heavy atom. The molecule has 8 rings (SSSR count). The highest BCUT2D eigenvalue weighted by molar-refractivity contribution is 6.23. The van der Waals surface area contributed by atoms with Crippen molar-refractivity contribution in [3.8, 4) is 11.6 Å². The number of hydrogen-bond acceptors (Lipinski definition) is 11. The van der Waals surface area contributed by atoms with Crippen LogP contribution < -0.4 is 20.1 Å². The summed E-state index contributed by atoms with van der Waals surface area (Å²) in [4.78, 5) is 66.8. The Labute approximate surface area is 313 Å². The molecule has 4 aromatic rings. The lowest BCUT2D eigenvalue weighted by atomic mass is 9.81. The van der Waals surface area contributed by atoms with Crippen LogP contribution in [-0.2, 0) is 9.59 Å². The summed E-state index contributed by atoms with van der Waals surface area (Å²) in [7, 11) is 0. The molecule has 0 spiro atoms. The lowest BCUT2D eigenvalue weighted by molar-refractivity contribution is -0.136. The number of carbonyl (C=O) groups is 4. The van der Waals surface area contributed by atoms with Gasteiger partial charge in [-0.05, 0) is 112 Å². The zero-order valence-electron chi connectivity index (χ0n) is 30.2. The number of likely N-dealkylation sites (tertiary alicyclic amines) is 1. The second-order valence-corrected chi connectivity index (χ2v) is 14.9. The minimum Gasteiger partial charge on any atom is -0.494 e. The van der Waals surface area contributed by atoms with Crippen LogP contribution in [0, 0.1) is 11.8 Å². The number of amides is 4. The number of nitrogens with zero attached hydrogens (tertiary/aromatic N) is 5. The van der Waals surface area contributed by atoms with E-state index in [2.05, 4.69) is 30.5 Å². The molecule has 1 atom stereocenters. The molecule has 4 amide bonds. The Hall–Kier alpha value is -5.43. The summed E-state index contributed by atoms with van der Waals surface area (Å²) in [6.07, 6.45) is 12.9. The van der Waals surface area contributed by atoms with Crippen LogP contribution in [0.3, 0.4) is 0 Å². The topological polar surface area (TPSA) is 156 Å². The van der Waals surface area contributed by atoms with Crippen molar-refractivity contribution in [2.24, 2.45) is 11.8 Å². The second-order valence-electron chi connectivity index (χ2n) is 14.9. The van der Waals surface area contributed by atoms with Gasteiger partial charge in [-0.25, -0.2) is 9.97 Å². The van der Waals surface area contributed by atoms with E-state index in [1.165, 1.54) is 19.3 Å². The van der Waals surface area contributed by atoms with Crippen LogP contribution in [0.2, 0.25) is 0 Å². The highest BCUT2D eigenvalue weighted by atomic mass is 16.5. The summed E-state index contributed by atoms with van der Waals surface area (Å²) in [6, 6.07) is 15.5. The summed E-state index contributed by atoms with van der Waals surface area (Å²) in [5.74, 6) is 1.31. The van der Waals surface area contributed by atoms with Gasteiger partial charge >= 0.3 is 0 Å². The monoisotopic (exact) mass is 731 g/mol. The number of carbonyl (C=O) groups excluding carboxylic acids is 4. The number of nitrogens with one attached hydrogen (secondary N) is 2. The van der Waals surface area contributed by atoms with E-state index in [0.717, 1.165) is 85.1 Å². The Balaban J connectivity index is 0.690. The lowest BCUT2D eigenvalue weighted by Gasteiger charge is -2.40. The maximum atomic E-state index is 13.1. The van der Waals surface area contributed by atoms with Gasteiger partial charge < -0.3 is 19.7 Å². The van der Waals surface area contributed by atoms with Crippen molar-refractivity contribution in [1.82, 2.24) is 30.1 Å². The summed E-state index contributed by atoms with van der Waals surface area (Å²) in [5.41, 5.74) is 3.09. The van der Waals surface area contributed by atoms with E-state index in [4.69, 9.17) is 9.47 Å². The minimum atomic E-state index is -0.973. The van der Waals surface area contributed by atoms with Crippen LogP contribution in [0.15, 0.2) is 67.0 Å². The van der Waals surface area contributed by atoms with Crippen LogP contribution in [0.1, 0.15) is 84.9 Å². The maximum absolute atomic E-state index is 13.1. The van der Waals surface area contributed by atoms with Gasteiger partial charge in [-0.2, -0.15) is 0 Å². The largest absolute Gasteiger partial charge is 0.494 e. The zero-order valence-corrected chi connectivity index (χ0v) is 30.2. The first-order valence-corrected chi connectivity index (χ1v) is 19.2. The number of piperidine rings is 2. The zero-order chi connectivity index (χ0) is 37.0. The number of imide groups is 2.